The molecule has 4 nitrogen and oxygen atoms in total. The van der Waals surface area contributed by atoms with Crippen LogP contribution in [0.15, 0.2) is 0 Å². The van der Waals surface area contributed by atoms with Crippen molar-refractivity contribution < 1.29 is 9.59 Å². The van der Waals surface area contributed by atoms with E-state index < -0.39 is 0 Å². The zero-order valence-corrected chi connectivity index (χ0v) is 17.9. The maximum atomic E-state index is 13.4. The molecule has 2 amide bonds. The summed E-state index contributed by atoms with van der Waals surface area (Å²) in [6.45, 7) is 14.1. The van der Waals surface area contributed by atoms with Crippen LogP contribution in [0, 0.1) is 16.7 Å². The first kappa shape index (κ1) is 21.2. The summed E-state index contributed by atoms with van der Waals surface area (Å²) in [4.78, 5) is 27.9. The Balaban J connectivity index is 2.08. The smallest absolute Gasteiger partial charge is 0.245 e. The van der Waals surface area contributed by atoms with Gasteiger partial charge in [-0.1, -0.05) is 60.8 Å². The average Bonchev–Trinajstić information content (AvgIpc) is 2.80. The molecule has 4 heteroatoms. The van der Waals surface area contributed by atoms with Gasteiger partial charge in [0.2, 0.25) is 11.8 Å². The van der Waals surface area contributed by atoms with E-state index in [0.717, 1.165) is 45.1 Å². The van der Waals surface area contributed by atoms with Crippen LogP contribution < -0.4 is 5.32 Å². The molecule has 0 radical (unpaired) electrons. The second kappa shape index (κ2) is 8.31. The molecule has 1 saturated heterocycles. The number of carbonyl (C=O) groups is 2. The minimum absolute atomic E-state index is 0.0332. The van der Waals surface area contributed by atoms with Crippen molar-refractivity contribution in [3.63, 3.8) is 0 Å². The third kappa shape index (κ3) is 5.01. The van der Waals surface area contributed by atoms with Crippen molar-refractivity contribution >= 4 is 11.8 Å². The van der Waals surface area contributed by atoms with Crippen LogP contribution in [0.4, 0.5) is 0 Å². The quantitative estimate of drug-likeness (QED) is 0.644. The monoisotopic (exact) mass is 364 g/mol. The van der Waals surface area contributed by atoms with Crippen molar-refractivity contribution in [2.24, 2.45) is 16.7 Å². The molecule has 2 fully saturated rings. The predicted octanol–water partition coefficient (Wildman–Crippen LogP) is 4.52. The van der Waals surface area contributed by atoms with E-state index in [1.165, 1.54) is 6.42 Å². The van der Waals surface area contributed by atoms with Gasteiger partial charge < -0.3 is 10.2 Å². The van der Waals surface area contributed by atoms with Crippen molar-refractivity contribution in [3.05, 3.63) is 0 Å². The summed E-state index contributed by atoms with van der Waals surface area (Å²) in [6, 6.07) is -0.0417. The van der Waals surface area contributed by atoms with Crippen molar-refractivity contribution in [3.8, 4) is 0 Å². The summed E-state index contributed by atoms with van der Waals surface area (Å²) in [5.41, 5.74) is 0.523. The fourth-order valence-corrected chi connectivity index (χ4v) is 5.36. The Morgan fingerprint density at radius 3 is 2.46 bits per heavy atom. The highest BCUT2D eigenvalue weighted by molar-refractivity contribution is 5.88. The molecule has 150 valence electrons. The number of hydrogen-bond donors (Lipinski definition) is 1. The lowest BCUT2D eigenvalue weighted by Crippen LogP contribution is -2.53. The van der Waals surface area contributed by atoms with Gasteiger partial charge in [0.05, 0.1) is 0 Å². The molecule has 0 aromatic heterocycles. The lowest BCUT2D eigenvalue weighted by atomic mass is 9.65. The Hall–Kier alpha value is -1.06. The summed E-state index contributed by atoms with van der Waals surface area (Å²) in [6.07, 6.45) is 7.86. The number of rotatable bonds is 8. The molecule has 1 aliphatic carbocycles. The molecular weight excluding hydrogens is 324 g/mol. The molecule has 1 saturated carbocycles. The van der Waals surface area contributed by atoms with Gasteiger partial charge >= 0.3 is 0 Å². The van der Waals surface area contributed by atoms with Crippen LogP contribution in [0.1, 0.15) is 92.9 Å². The van der Waals surface area contributed by atoms with Gasteiger partial charge in [0.1, 0.15) is 6.04 Å². The zero-order valence-electron chi connectivity index (χ0n) is 17.9. The second-order valence-electron chi connectivity index (χ2n) is 10.1. The van der Waals surface area contributed by atoms with E-state index in [0.29, 0.717) is 17.9 Å². The molecule has 4 unspecified atom stereocenters. The first-order chi connectivity index (χ1) is 12.1. The molecule has 2 rings (SSSR count). The van der Waals surface area contributed by atoms with Gasteiger partial charge in [-0.15, -0.1) is 0 Å². The largest absolute Gasteiger partial charge is 0.344 e. The van der Waals surface area contributed by atoms with Crippen LogP contribution in [0.2, 0.25) is 0 Å². The maximum absolute atomic E-state index is 13.4. The van der Waals surface area contributed by atoms with E-state index in [4.69, 9.17) is 0 Å². The molecule has 26 heavy (non-hydrogen) atoms. The summed E-state index contributed by atoms with van der Waals surface area (Å²) in [5, 5.41) is 3.09. The van der Waals surface area contributed by atoms with Gasteiger partial charge in [-0.05, 0) is 42.4 Å². The number of amides is 2. The third-order valence-corrected chi connectivity index (χ3v) is 6.50. The Kier molecular flexibility index (Phi) is 6.79. The van der Waals surface area contributed by atoms with Crippen molar-refractivity contribution in [1.29, 1.82) is 0 Å². The normalized spacial score (nSPS) is 29.3. The van der Waals surface area contributed by atoms with Crippen LogP contribution in [0.25, 0.3) is 0 Å². The van der Waals surface area contributed by atoms with Gasteiger partial charge in [0, 0.05) is 19.0 Å². The van der Waals surface area contributed by atoms with E-state index in [2.05, 4.69) is 51.8 Å². The number of likely N-dealkylation sites (tertiary alicyclic amines) is 1. The van der Waals surface area contributed by atoms with E-state index in [9.17, 15) is 9.59 Å². The first-order valence-corrected chi connectivity index (χ1v) is 10.7. The number of carbonyl (C=O) groups excluding carboxylic acids is 2. The number of unbranched alkanes of at least 4 members (excludes halogenated alkanes) is 2. The SMILES string of the molecule is CCCCCC(=O)NC(C(=O)N1CC2(C)CC1CC(C)(C)C2)C(C)CC. The highest BCUT2D eigenvalue weighted by Crippen LogP contribution is 2.52. The number of fused-ring (bicyclic) bond motifs is 2. The van der Waals surface area contributed by atoms with Crippen LogP contribution in [-0.4, -0.2) is 35.3 Å². The van der Waals surface area contributed by atoms with Crippen LogP contribution in [-0.2, 0) is 9.59 Å². The fourth-order valence-electron chi connectivity index (χ4n) is 5.36. The standard InChI is InChI=1S/C22H40N2O2/c1-7-9-10-11-18(25)23-19(16(3)8-2)20(26)24-15-22(6)13-17(24)12-21(4,5)14-22/h16-17,19H,7-15H2,1-6H3,(H,23,25). The zero-order chi connectivity index (χ0) is 19.5. The van der Waals surface area contributed by atoms with Gasteiger partial charge in [-0.3, -0.25) is 9.59 Å². The minimum Gasteiger partial charge on any atom is -0.344 e. The maximum Gasteiger partial charge on any atom is 0.245 e. The molecule has 2 aliphatic rings. The summed E-state index contributed by atoms with van der Waals surface area (Å²) < 4.78 is 0. The Morgan fingerprint density at radius 2 is 1.85 bits per heavy atom. The van der Waals surface area contributed by atoms with Crippen LogP contribution >= 0.6 is 0 Å². The van der Waals surface area contributed by atoms with Gasteiger partial charge in [-0.2, -0.15) is 0 Å². The van der Waals surface area contributed by atoms with Gasteiger partial charge in [-0.25, -0.2) is 0 Å². The Bertz CT molecular complexity index is 516. The average molecular weight is 365 g/mol. The van der Waals surface area contributed by atoms with Crippen molar-refractivity contribution in [2.75, 3.05) is 6.54 Å². The highest BCUT2D eigenvalue weighted by atomic mass is 16.2. The predicted molar refractivity (Wildman–Crippen MR) is 107 cm³/mol. The first-order valence-electron chi connectivity index (χ1n) is 10.7. The van der Waals surface area contributed by atoms with E-state index in [1.807, 2.05) is 0 Å². The summed E-state index contributed by atoms with van der Waals surface area (Å²) in [5.74, 6) is 0.347. The van der Waals surface area contributed by atoms with Gasteiger partial charge in [0.25, 0.3) is 0 Å². The second-order valence-corrected chi connectivity index (χ2v) is 10.1. The molecule has 4 atom stereocenters. The molecule has 1 heterocycles. The van der Waals surface area contributed by atoms with E-state index in [-0.39, 0.29) is 29.2 Å². The lowest BCUT2D eigenvalue weighted by Gasteiger charge is -2.39. The van der Waals surface area contributed by atoms with E-state index >= 15 is 0 Å². The molecule has 1 N–H and O–H groups in total. The van der Waals surface area contributed by atoms with E-state index in [1.54, 1.807) is 0 Å². The third-order valence-electron chi connectivity index (χ3n) is 6.50. The molecule has 0 aromatic rings. The van der Waals surface area contributed by atoms with Crippen molar-refractivity contribution in [2.45, 2.75) is 105 Å². The molecule has 2 bridgehead atoms. The Labute approximate surface area is 160 Å². The molecular formula is C22H40N2O2. The lowest BCUT2D eigenvalue weighted by molar-refractivity contribution is -0.139. The minimum atomic E-state index is -0.375. The number of hydrogen-bond acceptors (Lipinski definition) is 2. The fraction of sp³-hybridized carbons (Fsp3) is 0.909. The molecule has 0 spiro atoms. The number of nitrogens with zero attached hydrogens (tertiary/aromatic N) is 1. The van der Waals surface area contributed by atoms with Crippen LogP contribution in [0.5, 0.6) is 0 Å². The van der Waals surface area contributed by atoms with Gasteiger partial charge in [0.15, 0.2) is 0 Å². The Morgan fingerprint density at radius 1 is 1.15 bits per heavy atom. The van der Waals surface area contributed by atoms with Crippen molar-refractivity contribution in [1.82, 2.24) is 10.2 Å². The molecule has 0 aromatic carbocycles. The number of nitrogens with one attached hydrogen (secondary N) is 1. The van der Waals surface area contributed by atoms with Crippen LogP contribution in [0.3, 0.4) is 0 Å². The molecule has 1 aliphatic heterocycles. The summed E-state index contributed by atoms with van der Waals surface area (Å²) in [7, 11) is 0. The highest BCUT2D eigenvalue weighted by Gasteiger charge is 2.52. The topological polar surface area (TPSA) is 49.4 Å². The summed E-state index contributed by atoms with van der Waals surface area (Å²) >= 11 is 0.